The summed E-state index contributed by atoms with van der Waals surface area (Å²) in [6.45, 7) is 2.59. The molecule has 0 amide bonds. The van der Waals surface area contributed by atoms with Gasteiger partial charge in [0.25, 0.3) is 0 Å². The normalized spacial score (nSPS) is 20.9. The van der Waals surface area contributed by atoms with Gasteiger partial charge in [-0.3, -0.25) is 0 Å². The lowest BCUT2D eigenvalue weighted by molar-refractivity contribution is 0.132. The molecule has 1 aliphatic carbocycles. The maximum Gasteiger partial charge on any atom is 0.126 e. The molecule has 3 N–H and O–H groups in total. The second kappa shape index (κ2) is 5.88. The smallest absolute Gasteiger partial charge is 0.126 e. The van der Waals surface area contributed by atoms with Crippen LogP contribution in [0.1, 0.15) is 34.8 Å². The molecule has 1 aliphatic rings. The van der Waals surface area contributed by atoms with Gasteiger partial charge in [0.05, 0.1) is 6.10 Å². The van der Waals surface area contributed by atoms with Crippen molar-refractivity contribution in [2.45, 2.75) is 38.5 Å². The molecule has 0 heterocycles. The van der Waals surface area contributed by atoms with Crippen LogP contribution >= 0.6 is 0 Å². The third kappa shape index (κ3) is 2.80. The summed E-state index contributed by atoms with van der Waals surface area (Å²) in [7, 11) is 0. The van der Waals surface area contributed by atoms with Gasteiger partial charge in [0.15, 0.2) is 0 Å². The third-order valence-corrected chi connectivity index (χ3v) is 4.17. The largest absolute Gasteiger partial charge is 0.488 e. The first-order chi connectivity index (χ1) is 10.2. The van der Waals surface area contributed by atoms with E-state index in [2.05, 4.69) is 12.1 Å². The molecular weight excluding hydrogens is 262 g/mol. The summed E-state index contributed by atoms with van der Waals surface area (Å²) in [6.07, 6.45) is 1.06. The van der Waals surface area contributed by atoms with E-state index in [4.69, 9.17) is 10.5 Å². The molecule has 0 bridgehead atoms. The number of ether oxygens (including phenoxy) is 1. The minimum Gasteiger partial charge on any atom is -0.488 e. The molecular formula is C18H21NO2. The van der Waals surface area contributed by atoms with Crippen molar-refractivity contribution in [1.29, 1.82) is 0 Å². The monoisotopic (exact) mass is 283 g/mol. The van der Waals surface area contributed by atoms with Gasteiger partial charge in [0.2, 0.25) is 0 Å². The van der Waals surface area contributed by atoms with Gasteiger partial charge in [-0.1, -0.05) is 42.5 Å². The van der Waals surface area contributed by atoms with E-state index in [1.807, 2.05) is 37.3 Å². The Morgan fingerprint density at radius 2 is 1.95 bits per heavy atom. The van der Waals surface area contributed by atoms with E-state index < -0.39 is 6.10 Å². The number of aryl methyl sites for hydroxylation is 1. The number of nitrogens with two attached hydrogens (primary N) is 1. The SMILES string of the molecule is Cc1ccc2c(c1OCc1ccccc1)CC[C@@H](N)[C@@H]2O. The number of fused-ring (bicyclic) bond motifs is 1. The van der Waals surface area contributed by atoms with Crippen molar-refractivity contribution in [3.8, 4) is 5.75 Å². The van der Waals surface area contributed by atoms with Crippen LogP contribution in [0.4, 0.5) is 0 Å². The van der Waals surface area contributed by atoms with Crippen molar-refractivity contribution < 1.29 is 9.84 Å². The van der Waals surface area contributed by atoms with E-state index >= 15 is 0 Å². The summed E-state index contributed by atoms with van der Waals surface area (Å²) < 4.78 is 6.05. The van der Waals surface area contributed by atoms with E-state index in [0.29, 0.717) is 6.61 Å². The average Bonchev–Trinajstić information content (AvgIpc) is 2.51. The maximum absolute atomic E-state index is 10.2. The van der Waals surface area contributed by atoms with Crippen LogP contribution in [0.25, 0.3) is 0 Å². The van der Waals surface area contributed by atoms with Crippen molar-refractivity contribution in [2.24, 2.45) is 5.73 Å². The van der Waals surface area contributed by atoms with Crippen LogP contribution in [-0.4, -0.2) is 11.1 Å². The number of aliphatic hydroxyl groups excluding tert-OH is 1. The molecule has 0 aliphatic heterocycles. The predicted molar refractivity (Wildman–Crippen MR) is 83.2 cm³/mol. The number of benzene rings is 2. The second-order valence-corrected chi connectivity index (χ2v) is 5.70. The summed E-state index contributed by atoms with van der Waals surface area (Å²) in [5.41, 5.74) is 10.2. The number of hydrogen-bond acceptors (Lipinski definition) is 3. The minimum absolute atomic E-state index is 0.179. The molecule has 0 fully saturated rings. The Morgan fingerprint density at radius 1 is 1.19 bits per heavy atom. The van der Waals surface area contributed by atoms with Crippen molar-refractivity contribution in [1.82, 2.24) is 0 Å². The Hall–Kier alpha value is -1.84. The first-order valence-electron chi connectivity index (χ1n) is 7.39. The van der Waals surface area contributed by atoms with Gasteiger partial charge in [-0.15, -0.1) is 0 Å². The first kappa shape index (κ1) is 14.1. The van der Waals surface area contributed by atoms with E-state index in [1.165, 1.54) is 0 Å². The molecule has 2 aromatic rings. The zero-order chi connectivity index (χ0) is 14.8. The lowest BCUT2D eigenvalue weighted by Gasteiger charge is -2.29. The summed E-state index contributed by atoms with van der Waals surface area (Å²) in [6, 6.07) is 13.9. The van der Waals surface area contributed by atoms with E-state index in [9.17, 15) is 5.11 Å². The Bertz CT molecular complexity index is 625. The van der Waals surface area contributed by atoms with Gasteiger partial charge in [0.1, 0.15) is 12.4 Å². The van der Waals surface area contributed by atoms with Crippen LogP contribution in [0, 0.1) is 6.92 Å². The highest BCUT2D eigenvalue weighted by Crippen LogP contribution is 2.37. The first-order valence-corrected chi connectivity index (χ1v) is 7.39. The number of rotatable bonds is 3. The van der Waals surface area contributed by atoms with Gasteiger partial charge >= 0.3 is 0 Å². The van der Waals surface area contributed by atoms with Crippen LogP contribution < -0.4 is 10.5 Å². The fraction of sp³-hybridized carbons (Fsp3) is 0.333. The zero-order valence-corrected chi connectivity index (χ0v) is 12.3. The lowest BCUT2D eigenvalue weighted by atomic mass is 9.84. The van der Waals surface area contributed by atoms with E-state index in [0.717, 1.165) is 40.8 Å². The number of aliphatic hydroxyl groups is 1. The summed E-state index contributed by atoms with van der Waals surface area (Å²) in [5.74, 6) is 0.905. The Kier molecular flexibility index (Phi) is 3.95. The highest BCUT2D eigenvalue weighted by molar-refractivity contribution is 5.48. The van der Waals surface area contributed by atoms with Gasteiger partial charge in [-0.25, -0.2) is 0 Å². The quantitative estimate of drug-likeness (QED) is 0.910. The van der Waals surface area contributed by atoms with Crippen LogP contribution in [0.3, 0.4) is 0 Å². The molecule has 0 aromatic heterocycles. The molecule has 0 saturated heterocycles. The average molecular weight is 283 g/mol. The number of hydrogen-bond donors (Lipinski definition) is 2. The van der Waals surface area contributed by atoms with E-state index in [-0.39, 0.29) is 6.04 Å². The molecule has 21 heavy (non-hydrogen) atoms. The highest BCUT2D eigenvalue weighted by Gasteiger charge is 2.28. The van der Waals surface area contributed by atoms with Gasteiger partial charge < -0.3 is 15.6 Å². The molecule has 0 saturated carbocycles. The molecule has 0 unspecified atom stereocenters. The van der Waals surface area contributed by atoms with Crippen LogP contribution in [0.2, 0.25) is 0 Å². The topological polar surface area (TPSA) is 55.5 Å². The summed E-state index contributed by atoms with van der Waals surface area (Å²) >= 11 is 0. The summed E-state index contributed by atoms with van der Waals surface area (Å²) in [5, 5.41) is 10.2. The fourth-order valence-corrected chi connectivity index (χ4v) is 2.93. The molecule has 110 valence electrons. The zero-order valence-electron chi connectivity index (χ0n) is 12.3. The molecule has 3 rings (SSSR count). The molecule has 0 spiro atoms. The van der Waals surface area contributed by atoms with Crippen molar-refractivity contribution in [3.05, 3.63) is 64.7 Å². The Balaban J connectivity index is 1.88. The molecule has 3 heteroatoms. The van der Waals surface area contributed by atoms with Crippen molar-refractivity contribution in [3.63, 3.8) is 0 Å². The Morgan fingerprint density at radius 3 is 2.71 bits per heavy atom. The van der Waals surface area contributed by atoms with E-state index in [1.54, 1.807) is 0 Å². The highest BCUT2D eigenvalue weighted by atomic mass is 16.5. The van der Waals surface area contributed by atoms with Crippen LogP contribution in [-0.2, 0) is 13.0 Å². The standard InChI is InChI=1S/C18H21NO2/c1-12-7-8-14-15(9-10-16(19)17(14)20)18(12)21-11-13-5-3-2-4-6-13/h2-8,16-17,20H,9-11,19H2,1H3/t16-,17-/m1/s1. The minimum atomic E-state index is -0.589. The molecule has 3 nitrogen and oxygen atoms in total. The maximum atomic E-state index is 10.2. The van der Waals surface area contributed by atoms with Crippen LogP contribution in [0.15, 0.2) is 42.5 Å². The second-order valence-electron chi connectivity index (χ2n) is 5.70. The van der Waals surface area contributed by atoms with Gasteiger partial charge in [-0.2, -0.15) is 0 Å². The third-order valence-electron chi connectivity index (χ3n) is 4.17. The lowest BCUT2D eigenvalue weighted by Crippen LogP contribution is -2.33. The van der Waals surface area contributed by atoms with Crippen molar-refractivity contribution in [2.75, 3.05) is 0 Å². The Labute approximate surface area is 125 Å². The van der Waals surface area contributed by atoms with Gasteiger partial charge in [0, 0.05) is 11.6 Å². The summed E-state index contributed by atoms with van der Waals surface area (Å²) in [4.78, 5) is 0. The molecule has 2 aromatic carbocycles. The van der Waals surface area contributed by atoms with Crippen molar-refractivity contribution >= 4 is 0 Å². The molecule has 2 atom stereocenters. The predicted octanol–water partition coefficient (Wildman–Crippen LogP) is 2.88. The van der Waals surface area contributed by atoms with Gasteiger partial charge in [-0.05, 0) is 36.5 Å². The van der Waals surface area contributed by atoms with Crippen LogP contribution in [0.5, 0.6) is 5.75 Å². The fourth-order valence-electron chi connectivity index (χ4n) is 2.93. The molecule has 0 radical (unpaired) electrons.